The second kappa shape index (κ2) is 7.38. The molecule has 1 aromatic carbocycles. The zero-order chi connectivity index (χ0) is 19.7. The normalized spacial score (nSPS) is 20.9. The molecule has 1 aliphatic carbocycles. The Morgan fingerprint density at radius 3 is 2.11 bits per heavy atom. The smallest absolute Gasteiger partial charge is 0.335 e. The van der Waals surface area contributed by atoms with Gasteiger partial charge in [-0.1, -0.05) is 18.9 Å². The van der Waals surface area contributed by atoms with Crippen molar-refractivity contribution in [2.24, 2.45) is 0 Å². The summed E-state index contributed by atoms with van der Waals surface area (Å²) in [5.74, 6) is 0.00374. The molecule has 7 heteroatoms. The Hall–Kier alpha value is -2.28. The molecule has 0 aromatic heterocycles. The van der Waals surface area contributed by atoms with Gasteiger partial charge in [-0.3, -0.25) is 4.79 Å². The second-order valence-electron chi connectivity index (χ2n) is 7.49. The van der Waals surface area contributed by atoms with Crippen LogP contribution in [0.25, 0.3) is 0 Å². The molecule has 148 valence electrons. The van der Waals surface area contributed by atoms with E-state index in [0.717, 1.165) is 31.2 Å². The average Bonchev–Trinajstić information content (AvgIpc) is 3.18. The molecular formula is C20H27NO6. The maximum Gasteiger partial charge on any atom is 0.335 e. The van der Waals surface area contributed by atoms with Crippen LogP contribution in [-0.2, 0) is 15.0 Å². The lowest BCUT2D eigenvalue weighted by molar-refractivity contribution is -0.166. The number of aliphatic hydroxyl groups is 1. The Bertz CT molecular complexity index is 717. The summed E-state index contributed by atoms with van der Waals surface area (Å²) >= 11 is 0. The number of hydrogen-bond acceptors (Lipinski definition) is 5. The predicted octanol–water partition coefficient (Wildman–Crippen LogP) is 1.95. The van der Waals surface area contributed by atoms with E-state index < -0.39 is 17.0 Å². The highest BCUT2D eigenvalue weighted by molar-refractivity contribution is 5.89. The number of methoxy groups -OCH3 is 2. The van der Waals surface area contributed by atoms with Gasteiger partial charge < -0.3 is 24.6 Å². The van der Waals surface area contributed by atoms with E-state index in [2.05, 4.69) is 0 Å². The van der Waals surface area contributed by atoms with Crippen molar-refractivity contribution in [3.05, 3.63) is 23.8 Å². The summed E-state index contributed by atoms with van der Waals surface area (Å²) < 4.78 is 10.7. The van der Waals surface area contributed by atoms with Crippen LogP contribution >= 0.6 is 0 Å². The third-order valence-electron chi connectivity index (χ3n) is 6.08. The zero-order valence-electron chi connectivity index (χ0n) is 15.9. The zero-order valence-corrected chi connectivity index (χ0v) is 15.9. The number of carboxylic acids is 1. The summed E-state index contributed by atoms with van der Waals surface area (Å²) in [4.78, 5) is 26.4. The predicted molar refractivity (Wildman–Crippen MR) is 98.1 cm³/mol. The minimum atomic E-state index is -1.73. The molecule has 1 saturated carbocycles. The van der Waals surface area contributed by atoms with Crippen molar-refractivity contribution in [1.29, 1.82) is 0 Å². The fourth-order valence-electron chi connectivity index (χ4n) is 4.33. The summed E-state index contributed by atoms with van der Waals surface area (Å²) in [6.07, 6.45) is 3.54. The third kappa shape index (κ3) is 3.36. The van der Waals surface area contributed by atoms with Crippen LogP contribution in [0.5, 0.6) is 11.5 Å². The third-order valence-corrected chi connectivity index (χ3v) is 6.08. The fraction of sp³-hybridized carbons (Fsp3) is 0.600. The molecule has 1 amide bonds. The van der Waals surface area contributed by atoms with Crippen molar-refractivity contribution < 1.29 is 29.3 Å². The molecule has 2 N–H and O–H groups in total. The van der Waals surface area contributed by atoms with Crippen LogP contribution in [0, 0.1) is 0 Å². The second-order valence-corrected chi connectivity index (χ2v) is 7.49. The number of hydrogen-bond donors (Lipinski definition) is 2. The van der Waals surface area contributed by atoms with Crippen molar-refractivity contribution >= 4 is 11.9 Å². The lowest BCUT2D eigenvalue weighted by atomic mass is 9.76. The van der Waals surface area contributed by atoms with E-state index in [0.29, 0.717) is 11.5 Å². The van der Waals surface area contributed by atoms with Gasteiger partial charge in [-0.2, -0.15) is 0 Å². The van der Waals surface area contributed by atoms with Crippen LogP contribution in [0.4, 0.5) is 0 Å². The molecular weight excluding hydrogens is 350 g/mol. The van der Waals surface area contributed by atoms with Gasteiger partial charge in [-0.25, -0.2) is 4.79 Å². The summed E-state index contributed by atoms with van der Waals surface area (Å²) in [7, 11) is 3.15. The number of amides is 1. The fourth-order valence-corrected chi connectivity index (χ4v) is 4.33. The standard InChI is InChI=1S/C20H27NO6/c1-26-15-6-5-14(13-16(15)27-2)19(7-3-4-8-19)17(22)21-11-9-20(25,10-12-21)18(23)24/h5-6,13,25H,3-4,7-12H2,1-2H3,(H,23,24). The molecule has 0 bridgehead atoms. The molecule has 7 nitrogen and oxygen atoms in total. The quantitative estimate of drug-likeness (QED) is 0.814. The van der Waals surface area contributed by atoms with Crippen LogP contribution in [0.1, 0.15) is 44.1 Å². The SMILES string of the molecule is COc1ccc(C2(C(=O)N3CCC(O)(C(=O)O)CC3)CCCC2)cc1OC. The molecule has 0 radical (unpaired) electrons. The molecule has 2 fully saturated rings. The van der Waals surface area contributed by atoms with Gasteiger partial charge >= 0.3 is 5.97 Å². The number of benzene rings is 1. The van der Waals surface area contributed by atoms with E-state index in [-0.39, 0.29) is 31.8 Å². The highest BCUT2D eigenvalue weighted by Crippen LogP contribution is 2.45. The van der Waals surface area contributed by atoms with Crippen molar-refractivity contribution in [3.8, 4) is 11.5 Å². The Kier molecular flexibility index (Phi) is 5.33. The number of ether oxygens (including phenoxy) is 2. The first-order valence-corrected chi connectivity index (χ1v) is 9.34. The van der Waals surface area contributed by atoms with Gasteiger partial charge in [-0.15, -0.1) is 0 Å². The van der Waals surface area contributed by atoms with Crippen LogP contribution in [0.3, 0.4) is 0 Å². The molecule has 1 aromatic rings. The van der Waals surface area contributed by atoms with Gasteiger partial charge in [0, 0.05) is 25.9 Å². The summed E-state index contributed by atoms with van der Waals surface area (Å²) in [6.45, 7) is 0.493. The number of likely N-dealkylation sites (tertiary alicyclic amines) is 1. The molecule has 2 aliphatic rings. The number of piperidine rings is 1. The van der Waals surface area contributed by atoms with Gasteiger partial charge in [0.05, 0.1) is 19.6 Å². The number of carboxylic acid groups (broad SMARTS) is 1. The highest BCUT2D eigenvalue weighted by Gasteiger charge is 2.48. The Morgan fingerprint density at radius 1 is 1.00 bits per heavy atom. The molecule has 0 spiro atoms. The largest absolute Gasteiger partial charge is 0.493 e. The Morgan fingerprint density at radius 2 is 1.59 bits per heavy atom. The van der Waals surface area contributed by atoms with E-state index in [1.807, 2.05) is 18.2 Å². The van der Waals surface area contributed by atoms with Crippen molar-refractivity contribution in [2.45, 2.75) is 49.5 Å². The van der Waals surface area contributed by atoms with E-state index >= 15 is 0 Å². The Labute approximate surface area is 158 Å². The molecule has 1 heterocycles. The molecule has 3 rings (SSSR count). The highest BCUT2D eigenvalue weighted by atomic mass is 16.5. The van der Waals surface area contributed by atoms with Crippen molar-refractivity contribution in [1.82, 2.24) is 4.90 Å². The molecule has 1 aliphatic heterocycles. The summed E-state index contributed by atoms with van der Waals surface area (Å²) in [5.41, 5.74) is -1.46. The van der Waals surface area contributed by atoms with E-state index in [1.54, 1.807) is 19.1 Å². The van der Waals surface area contributed by atoms with Crippen LogP contribution < -0.4 is 9.47 Å². The van der Waals surface area contributed by atoms with Gasteiger partial charge in [0.15, 0.2) is 17.1 Å². The van der Waals surface area contributed by atoms with E-state index in [4.69, 9.17) is 9.47 Å². The van der Waals surface area contributed by atoms with Crippen LogP contribution in [-0.4, -0.2) is 59.9 Å². The average molecular weight is 377 g/mol. The van der Waals surface area contributed by atoms with Crippen LogP contribution in [0.15, 0.2) is 18.2 Å². The molecule has 1 saturated heterocycles. The van der Waals surface area contributed by atoms with E-state index in [9.17, 15) is 19.8 Å². The number of rotatable bonds is 5. The monoisotopic (exact) mass is 377 g/mol. The minimum absolute atomic E-state index is 0.0136. The summed E-state index contributed by atoms with van der Waals surface area (Å²) in [6, 6.07) is 5.61. The summed E-state index contributed by atoms with van der Waals surface area (Å²) in [5, 5.41) is 19.3. The van der Waals surface area contributed by atoms with E-state index in [1.165, 1.54) is 0 Å². The number of carbonyl (C=O) groups excluding carboxylic acids is 1. The first-order valence-electron chi connectivity index (χ1n) is 9.34. The molecule has 0 unspecified atom stereocenters. The first-order chi connectivity index (χ1) is 12.9. The lowest BCUT2D eigenvalue weighted by Gasteiger charge is -2.40. The maximum atomic E-state index is 13.5. The topological polar surface area (TPSA) is 96.3 Å². The number of nitrogens with zero attached hydrogens (tertiary/aromatic N) is 1. The van der Waals surface area contributed by atoms with Gasteiger partial charge in [0.1, 0.15) is 0 Å². The number of carbonyl (C=O) groups is 2. The van der Waals surface area contributed by atoms with Crippen molar-refractivity contribution in [3.63, 3.8) is 0 Å². The molecule has 27 heavy (non-hydrogen) atoms. The van der Waals surface area contributed by atoms with Crippen molar-refractivity contribution in [2.75, 3.05) is 27.3 Å². The maximum absolute atomic E-state index is 13.5. The van der Waals surface area contributed by atoms with Gasteiger partial charge in [0.25, 0.3) is 0 Å². The lowest BCUT2D eigenvalue weighted by Crippen LogP contribution is -2.54. The minimum Gasteiger partial charge on any atom is -0.493 e. The first kappa shape index (κ1) is 19.5. The Balaban J connectivity index is 1.87. The van der Waals surface area contributed by atoms with Gasteiger partial charge in [-0.05, 0) is 30.5 Å². The van der Waals surface area contributed by atoms with Gasteiger partial charge in [0.2, 0.25) is 5.91 Å². The van der Waals surface area contributed by atoms with Crippen LogP contribution in [0.2, 0.25) is 0 Å². The molecule has 0 atom stereocenters. The number of aliphatic carboxylic acids is 1.